The second-order valence-electron chi connectivity index (χ2n) is 7.33. The minimum absolute atomic E-state index is 0.0427. The molecule has 1 rings (SSSR count). The number of ether oxygens (including phenoxy) is 1. The highest BCUT2D eigenvalue weighted by Crippen LogP contribution is 2.26. The molecule has 0 aliphatic rings. The van der Waals surface area contributed by atoms with Crippen LogP contribution in [0.1, 0.15) is 69.8 Å². The Morgan fingerprint density at radius 2 is 1.54 bits per heavy atom. The molecule has 0 radical (unpaired) electrons. The molecule has 0 heterocycles. The van der Waals surface area contributed by atoms with Gasteiger partial charge in [-0.15, -0.1) is 5.73 Å². The second kappa shape index (κ2) is 8.65. The number of rotatable bonds is 6. The summed E-state index contributed by atoms with van der Waals surface area (Å²) in [5.74, 6) is -0.191. The SMILES string of the molecule is COC(=O)CCC(=C=C(C)CC(C)(C)C)c1ccc(C(C)=O)cc1. The first kappa shape index (κ1) is 19.9. The van der Waals surface area contributed by atoms with Crippen LogP contribution in [0.25, 0.3) is 5.57 Å². The number of carbonyl (C=O) groups excluding carboxylic acids is 2. The van der Waals surface area contributed by atoms with Crippen LogP contribution in [0.15, 0.2) is 35.6 Å². The third-order valence-electron chi connectivity index (χ3n) is 3.61. The summed E-state index contributed by atoms with van der Waals surface area (Å²) in [6, 6.07) is 7.47. The molecule has 0 saturated carbocycles. The van der Waals surface area contributed by atoms with Gasteiger partial charge in [0.1, 0.15) is 0 Å². The fourth-order valence-corrected chi connectivity index (χ4v) is 2.61. The van der Waals surface area contributed by atoms with Crippen LogP contribution in [0.2, 0.25) is 0 Å². The Morgan fingerprint density at radius 1 is 1.00 bits per heavy atom. The summed E-state index contributed by atoms with van der Waals surface area (Å²) < 4.78 is 4.74. The Labute approximate surface area is 145 Å². The van der Waals surface area contributed by atoms with Gasteiger partial charge in [0.25, 0.3) is 0 Å². The third kappa shape index (κ3) is 6.97. The lowest BCUT2D eigenvalue weighted by atomic mass is 9.88. The lowest BCUT2D eigenvalue weighted by Crippen LogP contribution is -2.04. The fourth-order valence-electron chi connectivity index (χ4n) is 2.61. The molecule has 0 amide bonds. The summed E-state index contributed by atoms with van der Waals surface area (Å²) >= 11 is 0. The van der Waals surface area contributed by atoms with Gasteiger partial charge < -0.3 is 4.74 Å². The van der Waals surface area contributed by atoms with E-state index in [1.807, 2.05) is 24.3 Å². The number of allylic oxidation sites excluding steroid dienone is 1. The molecular weight excluding hydrogens is 300 g/mol. The van der Waals surface area contributed by atoms with Gasteiger partial charge in [0.2, 0.25) is 0 Å². The van der Waals surface area contributed by atoms with Crippen molar-refractivity contribution in [3.05, 3.63) is 46.7 Å². The number of hydrogen-bond donors (Lipinski definition) is 0. The molecular formula is C21H28O3. The van der Waals surface area contributed by atoms with E-state index in [1.165, 1.54) is 7.11 Å². The zero-order valence-corrected chi connectivity index (χ0v) is 15.7. The minimum Gasteiger partial charge on any atom is -0.469 e. The van der Waals surface area contributed by atoms with Gasteiger partial charge in [-0.2, -0.15) is 0 Å². The molecule has 0 N–H and O–H groups in total. The Hall–Kier alpha value is -2.12. The zero-order valence-electron chi connectivity index (χ0n) is 15.7. The minimum atomic E-state index is -0.233. The molecule has 0 atom stereocenters. The summed E-state index contributed by atoms with van der Waals surface area (Å²) in [6.07, 6.45) is 1.81. The number of benzene rings is 1. The van der Waals surface area contributed by atoms with Crippen LogP contribution in [-0.2, 0) is 9.53 Å². The number of carbonyl (C=O) groups is 2. The van der Waals surface area contributed by atoms with Gasteiger partial charge >= 0.3 is 5.97 Å². The van der Waals surface area contributed by atoms with Crippen molar-refractivity contribution in [3.8, 4) is 0 Å². The van der Waals surface area contributed by atoms with Crippen molar-refractivity contribution in [2.24, 2.45) is 5.41 Å². The highest BCUT2D eigenvalue weighted by atomic mass is 16.5. The molecule has 0 bridgehead atoms. The summed E-state index contributed by atoms with van der Waals surface area (Å²) in [5.41, 5.74) is 7.43. The number of ketones is 1. The van der Waals surface area contributed by atoms with Gasteiger partial charge in [-0.05, 0) is 43.2 Å². The van der Waals surface area contributed by atoms with Crippen LogP contribution in [0.5, 0.6) is 0 Å². The predicted molar refractivity (Wildman–Crippen MR) is 97.9 cm³/mol. The molecule has 0 saturated heterocycles. The maximum atomic E-state index is 11.5. The van der Waals surface area contributed by atoms with E-state index >= 15 is 0 Å². The molecule has 0 aliphatic heterocycles. The highest BCUT2D eigenvalue weighted by Gasteiger charge is 2.12. The lowest BCUT2D eigenvalue weighted by Gasteiger charge is -2.17. The molecule has 0 aliphatic carbocycles. The van der Waals surface area contributed by atoms with Gasteiger partial charge in [0, 0.05) is 11.1 Å². The first-order valence-electron chi connectivity index (χ1n) is 8.26. The van der Waals surface area contributed by atoms with Crippen molar-refractivity contribution in [1.82, 2.24) is 0 Å². The van der Waals surface area contributed by atoms with Crippen molar-refractivity contribution in [3.63, 3.8) is 0 Å². The molecule has 130 valence electrons. The molecule has 3 heteroatoms. The number of Topliss-reactive ketones (excluding diaryl/α,β-unsaturated/α-hetero) is 1. The first-order valence-corrected chi connectivity index (χ1v) is 8.26. The smallest absolute Gasteiger partial charge is 0.305 e. The molecule has 1 aromatic rings. The predicted octanol–water partition coefficient (Wildman–Crippen LogP) is 5.21. The first-order chi connectivity index (χ1) is 11.1. The van der Waals surface area contributed by atoms with Crippen molar-refractivity contribution >= 4 is 17.3 Å². The van der Waals surface area contributed by atoms with E-state index in [0.29, 0.717) is 18.4 Å². The Morgan fingerprint density at radius 3 is 2.00 bits per heavy atom. The molecule has 0 aromatic heterocycles. The van der Waals surface area contributed by atoms with E-state index in [-0.39, 0.29) is 17.2 Å². The Kier molecular flexibility index (Phi) is 7.18. The molecule has 3 nitrogen and oxygen atoms in total. The van der Waals surface area contributed by atoms with E-state index < -0.39 is 0 Å². The number of esters is 1. The van der Waals surface area contributed by atoms with Crippen molar-refractivity contribution < 1.29 is 14.3 Å². The molecule has 0 fully saturated rings. The Bertz CT molecular complexity index is 651. The molecule has 0 spiro atoms. The topological polar surface area (TPSA) is 43.4 Å². The maximum Gasteiger partial charge on any atom is 0.305 e. The summed E-state index contributed by atoms with van der Waals surface area (Å²) in [7, 11) is 1.40. The molecule has 0 unspecified atom stereocenters. The van der Waals surface area contributed by atoms with Crippen LogP contribution in [0, 0.1) is 5.41 Å². The summed E-state index contributed by atoms with van der Waals surface area (Å²) in [5, 5.41) is 0. The second-order valence-corrected chi connectivity index (χ2v) is 7.33. The fraction of sp³-hybridized carbons (Fsp3) is 0.476. The average Bonchev–Trinajstić information content (AvgIpc) is 2.49. The van der Waals surface area contributed by atoms with Crippen LogP contribution in [-0.4, -0.2) is 18.9 Å². The van der Waals surface area contributed by atoms with Crippen molar-refractivity contribution in [2.45, 2.75) is 53.9 Å². The van der Waals surface area contributed by atoms with E-state index in [2.05, 4.69) is 33.4 Å². The highest BCUT2D eigenvalue weighted by molar-refractivity contribution is 5.94. The monoisotopic (exact) mass is 328 g/mol. The van der Waals surface area contributed by atoms with Crippen LogP contribution in [0.3, 0.4) is 0 Å². The van der Waals surface area contributed by atoms with Crippen LogP contribution >= 0.6 is 0 Å². The van der Waals surface area contributed by atoms with Crippen molar-refractivity contribution in [1.29, 1.82) is 0 Å². The number of methoxy groups -OCH3 is 1. The standard InChI is InChI=1S/C21H28O3/c1-15(14-21(3,4)5)13-19(11-12-20(23)24-6)18-9-7-17(8-10-18)16(2)22/h7-10H,11-12,14H2,1-6H3. The third-order valence-corrected chi connectivity index (χ3v) is 3.61. The maximum absolute atomic E-state index is 11.5. The quantitative estimate of drug-likeness (QED) is 0.409. The van der Waals surface area contributed by atoms with Gasteiger partial charge in [-0.25, -0.2) is 0 Å². The van der Waals surface area contributed by atoms with E-state index in [4.69, 9.17) is 4.74 Å². The normalized spacial score (nSPS) is 10.8. The van der Waals surface area contributed by atoms with E-state index in [0.717, 1.165) is 23.1 Å². The van der Waals surface area contributed by atoms with Gasteiger partial charge in [0.05, 0.1) is 13.5 Å². The van der Waals surface area contributed by atoms with E-state index in [9.17, 15) is 9.59 Å². The zero-order chi connectivity index (χ0) is 18.3. The lowest BCUT2D eigenvalue weighted by molar-refractivity contribution is -0.140. The largest absolute Gasteiger partial charge is 0.469 e. The summed E-state index contributed by atoms with van der Waals surface area (Å²) in [4.78, 5) is 22.9. The van der Waals surface area contributed by atoms with Gasteiger partial charge in [-0.3, -0.25) is 9.59 Å². The van der Waals surface area contributed by atoms with Crippen molar-refractivity contribution in [2.75, 3.05) is 7.11 Å². The molecule has 24 heavy (non-hydrogen) atoms. The van der Waals surface area contributed by atoms with Crippen LogP contribution < -0.4 is 0 Å². The van der Waals surface area contributed by atoms with Crippen LogP contribution in [0.4, 0.5) is 0 Å². The average molecular weight is 328 g/mol. The van der Waals surface area contributed by atoms with E-state index in [1.54, 1.807) is 6.92 Å². The Balaban J connectivity index is 3.19. The van der Waals surface area contributed by atoms with Gasteiger partial charge in [-0.1, -0.05) is 45.0 Å². The van der Waals surface area contributed by atoms with Gasteiger partial charge in [0.15, 0.2) is 5.78 Å². The molecule has 1 aromatic carbocycles. The number of hydrogen-bond acceptors (Lipinski definition) is 3. The summed E-state index contributed by atoms with van der Waals surface area (Å²) in [6.45, 7) is 10.2.